The molecule has 0 bridgehead atoms. The molecule has 2 heterocycles. The molecule has 2 aromatic carbocycles. The summed E-state index contributed by atoms with van der Waals surface area (Å²) in [5.41, 5.74) is 1.26. The van der Waals surface area contributed by atoms with E-state index >= 15 is 0 Å². The van der Waals surface area contributed by atoms with Gasteiger partial charge in [0.05, 0.1) is 24.1 Å². The molecule has 0 radical (unpaired) electrons. The number of alkyl halides is 2. The number of halogens is 3. The highest BCUT2D eigenvalue weighted by Crippen LogP contribution is 2.65. The maximum atomic E-state index is 14.4. The molecular formula is C34H33Cl2FN2O8. The summed E-state index contributed by atoms with van der Waals surface area (Å²) in [6.45, 7) is 0.0183. The quantitative estimate of drug-likeness (QED) is 0.153. The van der Waals surface area contributed by atoms with Gasteiger partial charge in [0.15, 0.2) is 9.75 Å². The third-order valence-electron chi connectivity index (χ3n) is 9.83. The second kappa shape index (κ2) is 12.7. The second-order valence-corrected chi connectivity index (χ2v) is 13.7. The molecule has 248 valence electrons. The van der Waals surface area contributed by atoms with Gasteiger partial charge in [-0.05, 0) is 73.6 Å². The van der Waals surface area contributed by atoms with Crippen molar-refractivity contribution in [1.82, 2.24) is 4.90 Å². The fourth-order valence-corrected chi connectivity index (χ4v) is 8.64. The average molecular weight is 688 g/mol. The first kappa shape index (κ1) is 33.1. The van der Waals surface area contributed by atoms with Crippen LogP contribution in [-0.4, -0.2) is 74.2 Å². The van der Waals surface area contributed by atoms with Crippen LogP contribution in [0.3, 0.4) is 0 Å². The van der Waals surface area contributed by atoms with Crippen molar-refractivity contribution >= 4 is 58.5 Å². The van der Waals surface area contributed by atoms with Crippen LogP contribution in [-0.2, 0) is 24.0 Å². The van der Waals surface area contributed by atoms with Gasteiger partial charge < -0.3 is 14.9 Å². The maximum absolute atomic E-state index is 14.4. The SMILES string of the molecule is O=C(O)CCCCCN1C(=O)C2CC=C3C(CC4(Cl)C(=O)N(c5ccc(F)cc5)C(=O)C4(Cl)C3c3ccc(OCCO)cc3)C2C1=O. The summed E-state index contributed by atoms with van der Waals surface area (Å²) in [6.07, 6.45) is 3.27. The molecule has 47 heavy (non-hydrogen) atoms. The van der Waals surface area contributed by atoms with Gasteiger partial charge in [-0.25, -0.2) is 9.29 Å². The first-order valence-corrected chi connectivity index (χ1v) is 16.3. The van der Waals surface area contributed by atoms with Crippen LogP contribution in [0.1, 0.15) is 50.0 Å². The van der Waals surface area contributed by atoms with Crippen LogP contribution in [0.4, 0.5) is 10.1 Å². The van der Waals surface area contributed by atoms with Crippen molar-refractivity contribution < 1.29 is 43.3 Å². The molecule has 6 unspecified atom stereocenters. The first-order chi connectivity index (χ1) is 22.4. The number of amides is 4. The lowest BCUT2D eigenvalue weighted by Crippen LogP contribution is -2.60. The molecule has 2 aliphatic heterocycles. The zero-order chi connectivity index (χ0) is 33.7. The van der Waals surface area contributed by atoms with E-state index in [-0.39, 0.29) is 50.6 Å². The average Bonchev–Trinajstić information content (AvgIpc) is 3.38. The van der Waals surface area contributed by atoms with E-state index in [0.717, 1.165) is 17.0 Å². The van der Waals surface area contributed by atoms with E-state index in [2.05, 4.69) is 0 Å². The van der Waals surface area contributed by atoms with Crippen LogP contribution < -0.4 is 9.64 Å². The molecule has 6 rings (SSSR count). The van der Waals surface area contributed by atoms with Crippen molar-refractivity contribution in [3.8, 4) is 5.75 Å². The number of carbonyl (C=O) groups is 5. The Bertz CT molecular complexity index is 1650. The molecule has 6 atom stereocenters. The molecule has 10 nitrogen and oxygen atoms in total. The van der Waals surface area contributed by atoms with Crippen molar-refractivity contribution in [2.24, 2.45) is 17.8 Å². The highest BCUT2D eigenvalue weighted by molar-refractivity contribution is 6.58. The normalized spacial score (nSPS) is 29.8. The summed E-state index contributed by atoms with van der Waals surface area (Å²) in [4.78, 5) is 65.1. The minimum Gasteiger partial charge on any atom is -0.491 e. The lowest BCUT2D eigenvalue weighted by Gasteiger charge is -2.50. The van der Waals surface area contributed by atoms with E-state index in [0.29, 0.717) is 36.1 Å². The maximum Gasteiger partial charge on any atom is 0.303 e. The molecule has 2 N–H and O–H groups in total. The number of rotatable bonds is 11. The number of allylic oxidation sites excluding steroid dienone is 2. The Hall–Kier alpha value is -3.80. The molecule has 0 aromatic heterocycles. The highest BCUT2D eigenvalue weighted by Gasteiger charge is 2.76. The van der Waals surface area contributed by atoms with Gasteiger partial charge >= 0.3 is 5.97 Å². The molecule has 2 saturated heterocycles. The van der Waals surface area contributed by atoms with Crippen molar-refractivity contribution in [3.63, 3.8) is 0 Å². The molecule has 2 aliphatic carbocycles. The third-order valence-corrected chi connectivity index (χ3v) is 11.2. The third kappa shape index (κ3) is 5.32. The number of imide groups is 2. The number of aliphatic carboxylic acids is 1. The van der Waals surface area contributed by atoms with E-state index in [4.69, 9.17) is 38.2 Å². The Labute approximate surface area is 280 Å². The van der Waals surface area contributed by atoms with E-state index in [1.54, 1.807) is 24.3 Å². The number of carboxylic acid groups (broad SMARTS) is 1. The minimum absolute atomic E-state index is 0.00189. The molecule has 3 fully saturated rings. The zero-order valence-corrected chi connectivity index (χ0v) is 26.8. The number of hydrogen-bond donors (Lipinski definition) is 2. The van der Waals surface area contributed by atoms with Crippen molar-refractivity contribution in [2.75, 3.05) is 24.7 Å². The number of carbonyl (C=O) groups excluding carboxylic acids is 4. The predicted molar refractivity (Wildman–Crippen MR) is 168 cm³/mol. The highest BCUT2D eigenvalue weighted by atomic mass is 35.5. The Morgan fingerprint density at radius 1 is 0.936 bits per heavy atom. The lowest BCUT2D eigenvalue weighted by atomic mass is 9.56. The number of carboxylic acids is 1. The largest absolute Gasteiger partial charge is 0.491 e. The summed E-state index contributed by atoms with van der Waals surface area (Å²) in [5.74, 6) is -6.54. The van der Waals surface area contributed by atoms with E-state index in [9.17, 15) is 28.4 Å². The Morgan fingerprint density at radius 3 is 2.30 bits per heavy atom. The Kier molecular flexibility index (Phi) is 8.92. The summed E-state index contributed by atoms with van der Waals surface area (Å²) in [7, 11) is 0. The summed E-state index contributed by atoms with van der Waals surface area (Å²) in [6, 6.07) is 11.5. The number of benzene rings is 2. The van der Waals surface area contributed by atoms with Gasteiger partial charge in [-0.15, -0.1) is 23.2 Å². The smallest absolute Gasteiger partial charge is 0.303 e. The number of hydrogen-bond acceptors (Lipinski definition) is 7. The topological polar surface area (TPSA) is 142 Å². The summed E-state index contributed by atoms with van der Waals surface area (Å²) < 4.78 is 19.3. The molecule has 1 saturated carbocycles. The van der Waals surface area contributed by atoms with Gasteiger partial charge in [-0.1, -0.05) is 30.2 Å². The molecule has 4 amide bonds. The van der Waals surface area contributed by atoms with Crippen LogP contribution in [0.25, 0.3) is 0 Å². The lowest BCUT2D eigenvalue weighted by molar-refractivity contribution is -0.141. The number of fused-ring (bicyclic) bond motifs is 4. The van der Waals surface area contributed by atoms with Gasteiger partial charge in [-0.3, -0.25) is 28.9 Å². The van der Waals surface area contributed by atoms with Gasteiger partial charge in [0.2, 0.25) is 11.8 Å². The van der Waals surface area contributed by atoms with Crippen molar-refractivity contribution in [2.45, 2.75) is 54.2 Å². The van der Waals surface area contributed by atoms with Crippen LogP contribution in [0.15, 0.2) is 60.2 Å². The van der Waals surface area contributed by atoms with E-state index < -0.39 is 62.9 Å². The molecule has 0 spiro atoms. The van der Waals surface area contributed by atoms with Gasteiger partial charge in [0.25, 0.3) is 11.8 Å². The predicted octanol–water partition coefficient (Wildman–Crippen LogP) is 4.41. The Morgan fingerprint density at radius 2 is 1.64 bits per heavy atom. The number of nitrogens with zero attached hydrogens (tertiary/aromatic N) is 2. The number of ether oxygens (including phenoxy) is 1. The van der Waals surface area contributed by atoms with Crippen molar-refractivity contribution in [1.29, 1.82) is 0 Å². The molecular weight excluding hydrogens is 654 g/mol. The summed E-state index contributed by atoms with van der Waals surface area (Å²) in [5, 5.41) is 18.1. The molecule has 2 aromatic rings. The second-order valence-electron chi connectivity index (χ2n) is 12.4. The van der Waals surface area contributed by atoms with Gasteiger partial charge in [0, 0.05) is 18.9 Å². The van der Waals surface area contributed by atoms with Crippen LogP contribution in [0.5, 0.6) is 5.75 Å². The standard InChI is InChI=1S/C34H33Cl2FN2O8/c35-33-18-25-23(13-14-24-27(25)30(44)38(29(24)43)15-3-1-2-4-26(41)42)28(19-5-11-22(12-6-19)47-17-16-40)34(33,36)32(46)39(31(33)45)21-9-7-20(37)8-10-21/h5-13,24-25,27-28,40H,1-4,14-18H2,(H,41,42). The monoisotopic (exact) mass is 686 g/mol. The first-order valence-electron chi connectivity index (χ1n) is 15.6. The zero-order valence-electron chi connectivity index (χ0n) is 25.2. The summed E-state index contributed by atoms with van der Waals surface area (Å²) >= 11 is 14.7. The van der Waals surface area contributed by atoms with Crippen LogP contribution in [0.2, 0.25) is 0 Å². The molecule has 4 aliphatic rings. The van der Waals surface area contributed by atoms with E-state index in [1.165, 1.54) is 17.0 Å². The van der Waals surface area contributed by atoms with Gasteiger partial charge in [-0.2, -0.15) is 0 Å². The molecule has 13 heteroatoms. The number of anilines is 1. The Balaban J connectivity index is 1.40. The van der Waals surface area contributed by atoms with Gasteiger partial charge in [0.1, 0.15) is 18.2 Å². The number of aliphatic hydroxyl groups is 1. The fraction of sp³-hybridized carbons (Fsp3) is 0.441. The minimum atomic E-state index is -2.04. The van der Waals surface area contributed by atoms with Crippen molar-refractivity contribution in [3.05, 3.63) is 71.6 Å². The van der Waals surface area contributed by atoms with Crippen LogP contribution in [0, 0.1) is 23.6 Å². The fourth-order valence-electron chi connectivity index (χ4n) is 7.70. The number of aliphatic hydroxyl groups excluding tert-OH is 1. The number of unbranched alkanes of at least 4 members (excludes halogenated alkanes) is 2. The van der Waals surface area contributed by atoms with Crippen LogP contribution >= 0.6 is 23.2 Å². The van der Waals surface area contributed by atoms with E-state index in [1.807, 2.05) is 6.08 Å². The number of likely N-dealkylation sites (tertiary alicyclic amines) is 1.